The van der Waals surface area contributed by atoms with Gasteiger partial charge in [0.1, 0.15) is 0 Å². The van der Waals surface area contributed by atoms with Crippen LogP contribution in [-0.2, 0) is 0 Å². The molecule has 0 amide bonds. The lowest BCUT2D eigenvalue weighted by Gasteiger charge is -2.43. The van der Waals surface area contributed by atoms with Crippen molar-refractivity contribution in [3.8, 4) is 0 Å². The van der Waals surface area contributed by atoms with E-state index in [0.717, 1.165) is 11.8 Å². The van der Waals surface area contributed by atoms with Crippen molar-refractivity contribution in [2.75, 3.05) is 25.0 Å². The van der Waals surface area contributed by atoms with Gasteiger partial charge in [-0.2, -0.15) is 0 Å². The number of alkyl halides is 1. The van der Waals surface area contributed by atoms with Crippen LogP contribution in [0.3, 0.4) is 0 Å². The number of likely N-dealkylation sites (tertiary alicyclic amines) is 1. The lowest BCUT2D eigenvalue weighted by Crippen LogP contribution is -2.46. The largest absolute Gasteiger partial charge is 0.302 e. The van der Waals surface area contributed by atoms with Crippen molar-refractivity contribution in [1.29, 1.82) is 0 Å². The molecule has 2 rings (SSSR count). The number of hydrogen-bond donors (Lipinski definition) is 0. The van der Waals surface area contributed by atoms with Crippen molar-refractivity contribution < 1.29 is 0 Å². The van der Waals surface area contributed by atoms with Crippen molar-refractivity contribution in [3.63, 3.8) is 0 Å². The average Bonchev–Trinajstić information content (AvgIpc) is 2.29. The molecule has 0 aromatic carbocycles. The Morgan fingerprint density at radius 2 is 1.65 bits per heavy atom. The Morgan fingerprint density at radius 1 is 1.06 bits per heavy atom. The summed E-state index contributed by atoms with van der Waals surface area (Å²) in [4.78, 5) is 2.76. The van der Waals surface area contributed by atoms with E-state index in [1.165, 1.54) is 63.5 Å². The van der Waals surface area contributed by atoms with E-state index >= 15 is 0 Å². The Morgan fingerprint density at radius 3 is 2.18 bits per heavy atom. The number of hydrogen-bond acceptors (Lipinski definition) is 1. The van der Waals surface area contributed by atoms with Gasteiger partial charge in [0.05, 0.1) is 0 Å². The van der Waals surface area contributed by atoms with Gasteiger partial charge in [0, 0.05) is 25.0 Å². The van der Waals surface area contributed by atoms with E-state index < -0.39 is 0 Å². The highest BCUT2D eigenvalue weighted by molar-refractivity contribution is 9.09. The molecule has 1 saturated carbocycles. The fourth-order valence-electron chi connectivity index (χ4n) is 4.03. The summed E-state index contributed by atoms with van der Waals surface area (Å²) in [5, 5.41) is 1.21. The monoisotopic (exact) mass is 301 g/mol. The topological polar surface area (TPSA) is 3.24 Å². The molecular formula is C15H28BrN. The molecule has 1 saturated heterocycles. The predicted octanol–water partition coefficient (Wildman–Crippen LogP) is 4.31. The van der Waals surface area contributed by atoms with Crippen LogP contribution >= 0.6 is 15.9 Å². The van der Waals surface area contributed by atoms with Gasteiger partial charge < -0.3 is 4.90 Å². The van der Waals surface area contributed by atoms with E-state index in [9.17, 15) is 0 Å². The van der Waals surface area contributed by atoms with E-state index in [-0.39, 0.29) is 0 Å². The second-order valence-electron chi connectivity index (χ2n) is 6.83. The lowest BCUT2D eigenvalue weighted by molar-refractivity contribution is 0.0726. The average molecular weight is 302 g/mol. The van der Waals surface area contributed by atoms with E-state index in [1.54, 1.807) is 0 Å². The molecule has 2 unspecified atom stereocenters. The van der Waals surface area contributed by atoms with E-state index in [4.69, 9.17) is 0 Å². The molecule has 0 aromatic heterocycles. The summed E-state index contributed by atoms with van der Waals surface area (Å²) in [6.07, 6.45) is 8.67. The Balaban J connectivity index is 1.93. The standard InChI is InChI=1S/C15H28BrN/c1-13-8-14(2)10-17(9-13)12-15(11-16)6-4-3-5-7-15/h13-14H,3-12H2,1-2H3. The summed E-state index contributed by atoms with van der Waals surface area (Å²) < 4.78 is 0. The maximum absolute atomic E-state index is 3.80. The molecule has 17 heavy (non-hydrogen) atoms. The normalized spacial score (nSPS) is 34.8. The van der Waals surface area contributed by atoms with Crippen LogP contribution in [0.1, 0.15) is 52.4 Å². The highest BCUT2D eigenvalue weighted by Crippen LogP contribution is 2.39. The van der Waals surface area contributed by atoms with Crippen LogP contribution in [-0.4, -0.2) is 29.9 Å². The first-order valence-electron chi connectivity index (χ1n) is 7.42. The molecule has 1 aliphatic carbocycles. The quantitative estimate of drug-likeness (QED) is 0.702. The first-order chi connectivity index (χ1) is 8.13. The van der Waals surface area contributed by atoms with Crippen LogP contribution in [0.4, 0.5) is 0 Å². The summed E-state index contributed by atoms with van der Waals surface area (Å²) in [6, 6.07) is 0. The van der Waals surface area contributed by atoms with Gasteiger partial charge in [-0.1, -0.05) is 49.0 Å². The van der Waals surface area contributed by atoms with E-state index in [1.807, 2.05) is 0 Å². The SMILES string of the molecule is CC1CC(C)CN(CC2(CBr)CCCCC2)C1. The molecular weight excluding hydrogens is 274 g/mol. The molecule has 0 radical (unpaired) electrons. The second kappa shape index (κ2) is 6.06. The van der Waals surface area contributed by atoms with Gasteiger partial charge in [0.25, 0.3) is 0 Å². The Bertz CT molecular complexity index is 225. The highest BCUT2D eigenvalue weighted by atomic mass is 79.9. The summed E-state index contributed by atoms with van der Waals surface area (Å²) in [6.45, 7) is 8.85. The summed E-state index contributed by atoms with van der Waals surface area (Å²) >= 11 is 3.80. The zero-order valence-electron chi connectivity index (χ0n) is 11.6. The zero-order chi connectivity index (χ0) is 12.3. The minimum absolute atomic E-state index is 0.592. The summed E-state index contributed by atoms with van der Waals surface area (Å²) in [5.74, 6) is 1.80. The molecule has 2 heteroatoms. The van der Waals surface area contributed by atoms with Crippen LogP contribution < -0.4 is 0 Å². The maximum Gasteiger partial charge on any atom is 0.0100 e. The van der Waals surface area contributed by atoms with Gasteiger partial charge in [0.2, 0.25) is 0 Å². The summed E-state index contributed by atoms with van der Waals surface area (Å²) in [7, 11) is 0. The lowest BCUT2D eigenvalue weighted by atomic mass is 9.74. The van der Waals surface area contributed by atoms with Crippen LogP contribution in [0.15, 0.2) is 0 Å². The van der Waals surface area contributed by atoms with Crippen molar-refractivity contribution >= 4 is 15.9 Å². The molecule has 0 spiro atoms. The van der Waals surface area contributed by atoms with Crippen molar-refractivity contribution in [1.82, 2.24) is 4.90 Å². The third kappa shape index (κ3) is 3.70. The fourth-order valence-corrected chi connectivity index (χ4v) is 4.77. The first-order valence-corrected chi connectivity index (χ1v) is 8.54. The van der Waals surface area contributed by atoms with Gasteiger partial charge in [-0.15, -0.1) is 0 Å². The van der Waals surface area contributed by atoms with Crippen LogP contribution in [0, 0.1) is 17.3 Å². The molecule has 2 aliphatic rings. The predicted molar refractivity (Wildman–Crippen MR) is 78.7 cm³/mol. The Kier molecular flexibility index (Phi) is 4.94. The van der Waals surface area contributed by atoms with Gasteiger partial charge in [-0.3, -0.25) is 0 Å². The van der Waals surface area contributed by atoms with Crippen LogP contribution in [0.25, 0.3) is 0 Å². The number of piperidine rings is 1. The minimum Gasteiger partial charge on any atom is -0.302 e. The molecule has 0 aromatic rings. The van der Waals surface area contributed by atoms with Gasteiger partial charge in [-0.05, 0) is 36.5 Å². The zero-order valence-corrected chi connectivity index (χ0v) is 13.1. The Labute approximate surface area is 115 Å². The molecule has 0 bridgehead atoms. The number of halogens is 1. The van der Waals surface area contributed by atoms with Gasteiger partial charge >= 0.3 is 0 Å². The van der Waals surface area contributed by atoms with Crippen LogP contribution in [0.2, 0.25) is 0 Å². The fraction of sp³-hybridized carbons (Fsp3) is 1.00. The summed E-state index contributed by atoms with van der Waals surface area (Å²) in [5.41, 5.74) is 0.592. The van der Waals surface area contributed by atoms with Gasteiger partial charge in [-0.25, -0.2) is 0 Å². The third-order valence-electron chi connectivity index (χ3n) is 4.70. The van der Waals surface area contributed by atoms with Crippen molar-refractivity contribution in [2.45, 2.75) is 52.4 Å². The van der Waals surface area contributed by atoms with E-state index in [2.05, 4.69) is 34.7 Å². The Hall–Kier alpha value is 0.440. The third-order valence-corrected chi connectivity index (χ3v) is 5.89. The molecule has 2 fully saturated rings. The molecule has 0 N–H and O–H groups in total. The smallest absolute Gasteiger partial charge is 0.0100 e. The first kappa shape index (κ1) is 13.9. The second-order valence-corrected chi connectivity index (χ2v) is 7.40. The highest BCUT2D eigenvalue weighted by Gasteiger charge is 2.34. The molecule has 100 valence electrons. The van der Waals surface area contributed by atoms with Crippen LogP contribution in [0.5, 0.6) is 0 Å². The molecule has 1 heterocycles. The molecule has 1 nitrogen and oxygen atoms in total. The number of rotatable bonds is 3. The van der Waals surface area contributed by atoms with E-state index in [0.29, 0.717) is 5.41 Å². The van der Waals surface area contributed by atoms with Crippen molar-refractivity contribution in [2.24, 2.45) is 17.3 Å². The molecule has 2 atom stereocenters. The van der Waals surface area contributed by atoms with Crippen molar-refractivity contribution in [3.05, 3.63) is 0 Å². The molecule has 1 aliphatic heterocycles. The number of nitrogens with zero attached hydrogens (tertiary/aromatic N) is 1. The maximum atomic E-state index is 3.80. The van der Waals surface area contributed by atoms with Gasteiger partial charge in [0.15, 0.2) is 0 Å². The minimum atomic E-state index is 0.592.